The van der Waals surface area contributed by atoms with Crippen molar-refractivity contribution in [3.63, 3.8) is 0 Å². The largest absolute Gasteiger partial charge is 0.493 e. The van der Waals surface area contributed by atoms with Crippen LogP contribution in [0.25, 0.3) is 0 Å². The maximum absolute atomic E-state index is 6.01. The number of methoxy groups -OCH3 is 2. The second-order valence-electron chi connectivity index (χ2n) is 6.85. The number of aliphatic imine (C=N–C) groups is 1. The molecule has 7 heteroatoms. The van der Waals surface area contributed by atoms with Gasteiger partial charge >= 0.3 is 0 Å². The van der Waals surface area contributed by atoms with E-state index in [0.717, 1.165) is 48.7 Å². The smallest absolute Gasteiger partial charge is 0.188 e. The topological polar surface area (TPSA) is 72.1 Å². The molecule has 0 atom stereocenters. The molecule has 0 spiro atoms. The minimum Gasteiger partial charge on any atom is -0.493 e. The molecule has 2 aromatic carbocycles. The molecule has 0 aliphatic heterocycles. The van der Waals surface area contributed by atoms with Gasteiger partial charge < -0.3 is 20.5 Å². The molecule has 0 aliphatic carbocycles. The number of benzene rings is 2. The van der Waals surface area contributed by atoms with Crippen molar-refractivity contribution in [1.29, 1.82) is 0 Å². The highest BCUT2D eigenvalue weighted by molar-refractivity contribution is 14.0. The van der Waals surface area contributed by atoms with Crippen LogP contribution in [0.3, 0.4) is 0 Å². The van der Waals surface area contributed by atoms with Gasteiger partial charge in [0.2, 0.25) is 0 Å². The van der Waals surface area contributed by atoms with Crippen molar-refractivity contribution in [2.45, 2.75) is 33.4 Å². The second kappa shape index (κ2) is 14.1. The molecule has 0 fully saturated rings. The van der Waals surface area contributed by atoms with Gasteiger partial charge in [0.05, 0.1) is 20.8 Å². The lowest BCUT2D eigenvalue weighted by Gasteiger charge is -2.17. The van der Waals surface area contributed by atoms with E-state index < -0.39 is 0 Å². The SMILES string of the molecule is CCN(CC)Cc1ccc(CN=C(N)NCCc2ccc(OC)c(OC)c2)cc1.I. The zero-order chi connectivity index (χ0) is 21.1. The minimum absolute atomic E-state index is 0. The van der Waals surface area contributed by atoms with Gasteiger partial charge in [-0.15, -0.1) is 24.0 Å². The molecule has 0 aliphatic rings. The summed E-state index contributed by atoms with van der Waals surface area (Å²) in [6.07, 6.45) is 0.816. The molecule has 3 N–H and O–H groups in total. The quantitative estimate of drug-likeness (QED) is 0.265. The molecule has 6 nitrogen and oxygen atoms in total. The third-order valence-electron chi connectivity index (χ3n) is 4.92. The van der Waals surface area contributed by atoms with Crippen LogP contribution in [0.5, 0.6) is 11.5 Å². The minimum atomic E-state index is 0. The highest BCUT2D eigenvalue weighted by Crippen LogP contribution is 2.27. The van der Waals surface area contributed by atoms with Crippen molar-refractivity contribution in [3.05, 3.63) is 59.2 Å². The molecule has 0 saturated heterocycles. The van der Waals surface area contributed by atoms with Crippen LogP contribution in [0, 0.1) is 0 Å². The molecule has 0 aromatic heterocycles. The fourth-order valence-corrected chi connectivity index (χ4v) is 3.06. The Morgan fingerprint density at radius 2 is 1.53 bits per heavy atom. The summed E-state index contributed by atoms with van der Waals surface area (Å²) in [6.45, 7) is 8.76. The Balaban J connectivity index is 0.00000450. The maximum atomic E-state index is 6.01. The predicted octanol–water partition coefficient (Wildman–Crippen LogP) is 3.81. The molecular formula is C23H35IN4O2. The Bertz CT molecular complexity index is 777. The average molecular weight is 526 g/mol. The van der Waals surface area contributed by atoms with Crippen molar-refractivity contribution in [2.75, 3.05) is 33.9 Å². The summed E-state index contributed by atoms with van der Waals surface area (Å²) >= 11 is 0. The number of rotatable bonds is 11. The van der Waals surface area contributed by atoms with Crippen LogP contribution in [-0.2, 0) is 19.5 Å². The lowest BCUT2D eigenvalue weighted by Crippen LogP contribution is -2.33. The lowest BCUT2D eigenvalue weighted by molar-refractivity contribution is 0.296. The van der Waals surface area contributed by atoms with E-state index in [0.29, 0.717) is 19.0 Å². The molecule has 0 heterocycles. The van der Waals surface area contributed by atoms with E-state index in [4.69, 9.17) is 15.2 Å². The fourth-order valence-electron chi connectivity index (χ4n) is 3.06. The molecule has 0 saturated carbocycles. The van der Waals surface area contributed by atoms with E-state index in [2.05, 4.69) is 53.3 Å². The van der Waals surface area contributed by atoms with Crippen LogP contribution in [0.4, 0.5) is 0 Å². The van der Waals surface area contributed by atoms with Gasteiger partial charge in [0.15, 0.2) is 17.5 Å². The predicted molar refractivity (Wildman–Crippen MR) is 135 cm³/mol. The monoisotopic (exact) mass is 526 g/mol. The molecule has 0 amide bonds. The van der Waals surface area contributed by atoms with Gasteiger partial charge in [-0.1, -0.05) is 44.2 Å². The van der Waals surface area contributed by atoms with E-state index >= 15 is 0 Å². The molecular weight excluding hydrogens is 491 g/mol. The highest BCUT2D eigenvalue weighted by Gasteiger charge is 2.05. The Hall–Kier alpha value is -2.00. The van der Waals surface area contributed by atoms with Gasteiger partial charge in [0.1, 0.15) is 0 Å². The number of hydrogen-bond acceptors (Lipinski definition) is 4. The first-order valence-electron chi connectivity index (χ1n) is 10.1. The van der Waals surface area contributed by atoms with Gasteiger partial charge in [0.25, 0.3) is 0 Å². The van der Waals surface area contributed by atoms with Gasteiger partial charge in [0, 0.05) is 13.1 Å². The van der Waals surface area contributed by atoms with Crippen LogP contribution in [0.2, 0.25) is 0 Å². The zero-order valence-electron chi connectivity index (χ0n) is 18.5. The molecule has 0 bridgehead atoms. The van der Waals surface area contributed by atoms with Crippen molar-refractivity contribution in [2.24, 2.45) is 10.7 Å². The summed E-state index contributed by atoms with van der Waals surface area (Å²) in [6, 6.07) is 14.5. The third-order valence-corrected chi connectivity index (χ3v) is 4.92. The number of hydrogen-bond donors (Lipinski definition) is 2. The molecule has 0 radical (unpaired) electrons. The first kappa shape index (κ1) is 26.0. The molecule has 2 aromatic rings. The highest BCUT2D eigenvalue weighted by atomic mass is 127. The summed E-state index contributed by atoms with van der Waals surface area (Å²) in [5.41, 5.74) is 9.62. The molecule has 2 rings (SSSR count). The van der Waals surface area contributed by atoms with Gasteiger partial charge in [-0.05, 0) is 48.3 Å². The van der Waals surface area contributed by atoms with Crippen LogP contribution in [-0.4, -0.2) is 44.7 Å². The second-order valence-corrected chi connectivity index (χ2v) is 6.85. The first-order chi connectivity index (χ1) is 14.1. The Morgan fingerprint density at radius 1 is 0.933 bits per heavy atom. The van der Waals surface area contributed by atoms with Gasteiger partial charge in [-0.25, -0.2) is 4.99 Å². The number of nitrogens with two attached hydrogens (primary N) is 1. The first-order valence-corrected chi connectivity index (χ1v) is 10.1. The summed E-state index contributed by atoms with van der Waals surface area (Å²) in [5.74, 6) is 1.92. The fraction of sp³-hybridized carbons (Fsp3) is 0.435. The van der Waals surface area contributed by atoms with Crippen LogP contribution in [0.1, 0.15) is 30.5 Å². The third kappa shape index (κ3) is 8.39. The van der Waals surface area contributed by atoms with Crippen molar-refractivity contribution in [3.8, 4) is 11.5 Å². The molecule has 0 unspecified atom stereocenters. The number of nitrogens with one attached hydrogen (secondary N) is 1. The van der Waals surface area contributed by atoms with E-state index in [1.54, 1.807) is 14.2 Å². The summed E-state index contributed by atoms with van der Waals surface area (Å²) in [7, 11) is 3.27. The van der Waals surface area contributed by atoms with Crippen molar-refractivity contribution < 1.29 is 9.47 Å². The number of ether oxygens (including phenoxy) is 2. The summed E-state index contributed by atoms with van der Waals surface area (Å²) in [5, 5.41) is 3.17. The zero-order valence-corrected chi connectivity index (χ0v) is 20.8. The summed E-state index contributed by atoms with van der Waals surface area (Å²) in [4.78, 5) is 6.83. The van der Waals surface area contributed by atoms with Crippen LogP contribution >= 0.6 is 24.0 Å². The Labute approximate surface area is 197 Å². The molecule has 166 valence electrons. The molecule has 30 heavy (non-hydrogen) atoms. The Kier molecular flexibility index (Phi) is 12.2. The normalized spacial score (nSPS) is 11.2. The standard InChI is InChI=1S/C23H34N4O2.HI/c1-5-27(6-2)17-20-9-7-19(8-10-20)16-26-23(24)25-14-13-18-11-12-21(28-3)22(15-18)29-4;/h7-12,15H,5-6,13-14,16-17H2,1-4H3,(H3,24,25,26);1H. The van der Waals surface area contributed by atoms with Crippen molar-refractivity contribution in [1.82, 2.24) is 10.2 Å². The Morgan fingerprint density at radius 3 is 2.13 bits per heavy atom. The number of halogens is 1. The summed E-state index contributed by atoms with van der Waals surface area (Å²) < 4.78 is 10.6. The van der Waals surface area contributed by atoms with E-state index in [1.165, 1.54) is 5.56 Å². The van der Waals surface area contributed by atoms with Crippen molar-refractivity contribution >= 4 is 29.9 Å². The van der Waals surface area contributed by atoms with E-state index in [1.807, 2.05) is 18.2 Å². The van der Waals surface area contributed by atoms with E-state index in [9.17, 15) is 0 Å². The van der Waals surface area contributed by atoms with Gasteiger partial charge in [-0.2, -0.15) is 0 Å². The lowest BCUT2D eigenvalue weighted by atomic mass is 10.1. The van der Waals surface area contributed by atoms with E-state index in [-0.39, 0.29) is 24.0 Å². The average Bonchev–Trinajstić information content (AvgIpc) is 2.76. The van der Waals surface area contributed by atoms with Gasteiger partial charge in [-0.3, -0.25) is 4.90 Å². The number of guanidine groups is 1. The maximum Gasteiger partial charge on any atom is 0.188 e. The van der Waals surface area contributed by atoms with Crippen LogP contribution < -0.4 is 20.5 Å². The van der Waals surface area contributed by atoms with Crippen LogP contribution in [0.15, 0.2) is 47.5 Å². The number of nitrogens with zero attached hydrogens (tertiary/aromatic N) is 2.